The summed E-state index contributed by atoms with van der Waals surface area (Å²) in [6.07, 6.45) is -0.865. The van der Waals surface area contributed by atoms with E-state index in [1.807, 2.05) is 0 Å². The van der Waals surface area contributed by atoms with E-state index in [-0.39, 0.29) is 11.6 Å². The van der Waals surface area contributed by atoms with Crippen molar-refractivity contribution in [2.75, 3.05) is 13.1 Å². The van der Waals surface area contributed by atoms with Gasteiger partial charge in [0.1, 0.15) is 0 Å². The molecule has 1 aliphatic heterocycles. The average Bonchev–Trinajstić information content (AvgIpc) is 3.16. The highest BCUT2D eigenvalue weighted by atomic mass is 19.4. The van der Waals surface area contributed by atoms with Crippen molar-refractivity contribution in [2.24, 2.45) is 0 Å². The largest absolute Gasteiger partial charge is 0.417 e. The van der Waals surface area contributed by atoms with E-state index in [4.69, 9.17) is 0 Å². The third-order valence-electron chi connectivity index (χ3n) is 3.68. The molecule has 3 rings (SSSR count). The summed E-state index contributed by atoms with van der Waals surface area (Å²) in [6.45, 7) is 0.691. The Morgan fingerprint density at radius 1 is 1.18 bits per heavy atom. The van der Waals surface area contributed by atoms with Crippen molar-refractivity contribution in [1.29, 1.82) is 0 Å². The van der Waals surface area contributed by atoms with Crippen LogP contribution >= 0.6 is 0 Å². The van der Waals surface area contributed by atoms with Crippen LogP contribution in [0.2, 0.25) is 0 Å². The molecule has 0 spiro atoms. The standard InChI is InChI=1S/C14H13F3N4O/c15-14(16,17)12-4-2-1-3-11(12)13(22)20-8-5-10(9-20)21-18-6-7-19-21/h1-4,6-7,10H,5,8-9H2. The Morgan fingerprint density at radius 2 is 1.86 bits per heavy atom. The Morgan fingerprint density at radius 3 is 2.55 bits per heavy atom. The predicted octanol–water partition coefficient (Wildman–Crippen LogP) is 2.38. The normalized spacial score (nSPS) is 18.7. The van der Waals surface area contributed by atoms with Gasteiger partial charge in [-0.1, -0.05) is 12.1 Å². The number of halogens is 3. The van der Waals surface area contributed by atoms with E-state index in [0.29, 0.717) is 19.5 Å². The van der Waals surface area contributed by atoms with Gasteiger partial charge in [0.05, 0.1) is 29.6 Å². The van der Waals surface area contributed by atoms with Gasteiger partial charge in [-0.2, -0.15) is 28.2 Å². The molecule has 1 atom stereocenters. The monoisotopic (exact) mass is 310 g/mol. The molecule has 2 heterocycles. The van der Waals surface area contributed by atoms with Crippen molar-refractivity contribution < 1.29 is 18.0 Å². The zero-order valence-corrected chi connectivity index (χ0v) is 11.5. The van der Waals surface area contributed by atoms with E-state index >= 15 is 0 Å². The van der Waals surface area contributed by atoms with Crippen molar-refractivity contribution in [2.45, 2.75) is 18.6 Å². The molecular weight excluding hydrogens is 297 g/mol. The molecule has 1 aliphatic rings. The number of amides is 1. The lowest BCUT2D eigenvalue weighted by Crippen LogP contribution is -2.31. The maximum Gasteiger partial charge on any atom is 0.417 e. The number of hydrogen-bond donors (Lipinski definition) is 0. The van der Waals surface area contributed by atoms with E-state index in [9.17, 15) is 18.0 Å². The van der Waals surface area contributed by atoms with Crippen LogP contribution in [0.15, 0.2) is 36.7 Å². The van der Waals surface area contributed by atoms with Crippen molar-refractivity contribution in [3.63, 3.8) is 0 Å². The summed E-state index contributed by atoms with van der Waals surface area (Å²) in [5.41, 5.74) is -1.22. The SMILES string of the molecule is O=C(c1ccccc1C(F)(F)F)N1CCC(n2nccn2)C1. The number of nitrogens with zero attached hydrogens (tertiary/aromatic N) is 4. The second-order valence-corrected chi connectivity index (χ2v) is 5.09. The lowest BCUT2D eigenvalue weighted by atomic mass is 10.1. The highest BCUT2D eigenvalue weighted by Crippen LogP contribution is 2.33. The molecule has 1 fully saturated rings. The maximum atomic E-state index is 13.0. The summed E-state index contributed by atoms with van der Waals surface area (Å²) in [4.78, 5) is 15.3. The highest BCUT2D eigenvalue weighted by molar-refractivity contribution is 5.96. The smallest absolute Gasteiger partial charge is 0.336 e. The van der Waals surface area contributed by atoms with Gasteiger partial charge in [0.25, 0.3) is 5.91 Å². The number of benzene rings is 1. The Hall–Kier alpha value is -2.38. The van der Waals surface area contributed by atoms with Crippen LogP contribution in [0.5, 0.6) is 0 Å². The molecule has 0 N–H and O–H groups in total. The number of alkyl halides is 3. The predicted molar refractivity (Wildman–Crippen MR) is 71.0 cm³/mol. The van der Waals surface area contributed by atoms with Crippen molar-refractivity contribution in [1.82, 2.24) is 19.9 Å². The maximum absolute atomic E-state index is 13.0. The quantitative estimate of drug-likeness (QED) is 0.856. The molecule has 0 bridgehead atoms. The van der Waals surface area contributed by atoms with Crippen LogP contribution in [-0.2, 0) is 6.18 Å². The van der Waals surface area contributed by atoms with Gasteiger partial charge < -0.3 is 4.90 Å². The molecule has 0 radical (unpaired) electrons. The van der Waals surface area contributed by atoms with Crippen LogP contribution in [0.1, 0.15) is 28.4 Å². The fourth-order valence-electron chi connectivity index (χ4n) is 2.62. The van der Waals surface area contributed by atoms with Crippen molar-refractivity contribution >= 4 is 5.91 Å². The zero-order valence-electron chi connectivity index (χ0n) is 11.5. The van der Waals surface area contributed by atoms with Gasteiger partial charge in [0, 0.05) is 13.1 Å². The van der Waals surface area contributed by atoms with Gasteiger partial charge in [-0.15, -0.1) is 0 Å². The molecule has 1 amide bonds. The first kappa shape index (κ1) is 14.6. The summed E-state index contributed by atoms with van der Waals surface area (Å²) >= 11 is 0. The molecule has 2 aromatic rings. The highest BCUT2D eigenvalue weighted by Gasteiger charge is 2.37. The fourth-order valence-corrected chi connectivity index (χ4v) is 2.62. The molecule has 0 aliphatic carbocycles. The molecule has 1 unspecified atom stereocenters. The van der Waals surface area contributed by atoms with E-state index in [1.54, 1.807) is 0 Å². The molecule has 116 valence electrons. The number of aromatic nitrogens is 3. The first-order chi connectivity index (χ1) is 10.5. The number of carbonyl (C=O) groups is 1. The molecule has 8 heteroatoms. The summed E-state index contributed by atoms with van der Waals surface area (Å²) in [6, 6.07) is 4.75. The molecular formula is C14H13F3N4O. The van der Waals surface area contributed by atoms with E-state index in [1.165, 1.54) is 40.3 Å². The van der Waals surface area contributed by atoms with Crippen LogP contribution in [-0.4, -0.2) is 38.9 Å². The van der Waals surface area contributed by atoms with E-state index < -0.39 is 17.6 Å². The first-order valence-corrected chi connectivity index (χ1v) is 6.78. The van der Waals surface area contributed by atoms with E-state index in [0.717, 1.165) is 6.07 Å². The average molecular weight is 310 g/mol. The summed E-state index contributed by atoms with van der Waals surface area (Å²) in [7, 11) is 0. The van der Waals surface area contributed by atoms with Gasteiger partial charge in [-0.3, -0.25) is 4.79 Å². The first-order valence-electron chi connectivity index (χ1n) is 6.78. The molecule has 22 heavy (non-hydrogen) atoms. The Bertz CT molecular complexity index is 669. The summed E-state index contributed by atoms with van der Waals surface area (Å²) in [5, 5.41) is 8.02. The van der Waals surface area contributed by atoms with Crippen LogP contribution in [0.4, 0.5) is 13.2 Å². The lowest BCUT2D eigenvalue weighted by molar-refractivity contribution is -0.138. The summed E-state index contributed by atoms with van der Waals surface area (Å²) in [5.74, 6) is -0.609. The number of rotatable bonds is 2. The summed E-state index contributed by atoms with van der Waals surface area (Å²) < 4.78 is 39.0. The molecule has 0 saturated carbocycles. The zero-order chi connectivity index (χ0) is 15.7. The van der Waals surface area contributed by atoms with Crippen molar-refractivity contribution in [3.05, 3.63) is 47.8 Å². The molecule has 5 nitrogen and oxygen atoms in total. The van der Waals surface area contributed by atoms with Gasteiger partial charge in [-0.05, 0) is 18.6 Å². The van der Waals surface area contributed by atoms with Gasteiger partial charge in [-0.25, -0.2) is 0 Å². The second kappa shape index (κ2) is 5.43. The number of carbonyl (C=O) groups excluding carboxylic acids is 1. The Labute approximate surface area is 124 Å². The second-order valence-electron chi connectivity index (χ2n) is 5.09. The minimum absolute atomic E-state index is 0.100. The minimum Gasteiger partial charge on any atom is -0.336 e. The van der Waals surface area contributed by atoms with Crippen LogP contribution in [0.25, 0.3) is 0 Å². The third kappa shape index (κ3) is 2.68. The Balaban J connectivity index is 1.81. The molecule has 1 aromatic carbocycles. The molecule has 1 saturated heterocycles. The molecule has 1 aromatic heterocycles. The third-order valence-corrected chi connectivity index (χ3v) is 3.68. The number of hydrogen-bond acceptors (Lipinski definition) is 3. The van der Waals surface area contributed by atoms with Crippen LogP contribution in [0, 0.1) is 0 Å². The lowest BCUT2D eigenvalue weighted by Gasteiger charge is -2.19. The van der Waals surface area contributed by atoms with Crippen molar-refractivity contribution in [3.8, 4) is 0 Å². The van der Waals surface area contributed by atoms with Crippen LogP contribution < -0.4 is 0 Å². The number of likely N-dealkylation sites (tertiary alicyclic amines) is 1. The van der Waals surface area contributed by atoms with Crippen LogP contribution in [0.3, 0.4) is 0 Å². The Kier molecular flexibility index (Phi) is 3.59. The van der Waals surface area contributed by atoms with Gasteiger partial charge in [0.15, 0.2) is 0 Å². The van der Waals surface area contributed by atoms with Gasteiger partial charge in [0.2, 0.25) is 0 Å². The topological polar surface area (TPSA) is 51.0 Å². The minimum atomic E-state index is -4.55. The fraction of sp³-hybridized carbons (Fsp3) is 0.357. The van der Waals surface area contributed by atoms with E-state index in [2.05, 4.69) is 10.2 Å². The van der Waals surface area contributed by atoms with Gasteiger partial charge >= 0.3 is 6.18 Å².